The van der Waals surface area contributed by atoms with Crippen molar-refractivity contribution in [3.8, 4) is 0 Å². The monoisotopic (exact) mass is 314 g/mol. The summed E-state index contributed by atoms with van der Waals surface area (Å²) in [4.78, 5) is 12.0. The Morgan fingerprint density at radius 1 is 1.10 bits per heavy atom. The van der Waals surface area contributed by atoms with Crippen molar-refractivity contribution in [2.24, 2.45) is 0 Å². The lowest BCUT2D eigenvalue weighted by Gasteiger charge is -2.20. The van der Waals surface area contributed by atoms with Crippen LogP contribution in [-0.4, -0.2) is 39.5 Å². The first-order valence-corrected chi connectivity index (χ1v) is 7.27. The molecule has 4 nitrogen and oxygen atoms in total. The molecule has 1 rings (SSSR count). The van der Waals surface area contributed by atoms with Crippen LogP contribution in [0.1, 0.15) is 36.7 Å². The molecule has 0 aliphatic heterocycles. The van der Waals surface area contributed by atoms with Crippen LogP contribution in [0.3, 0.4) is 0 Å². The van der Waals surface area contributed by atoms with Crippen LogP contribution in [0.5, 0.6) is 0 Å². The number of benzene rings is 1. The molecule has 0 saturated heterocycles. The lowest BCUT2D eigenvalue weighted by atomic mass is 9.86. The van der Waals surface area contributed by atoms with Gasteiger partial charge in [0.05, 0.1) is 25.4 Å². The van der Waals surface area contributed by atoms with Crippen molar-refractivity contribution >= 4 is 17.6 Å². The van der Waals surface area contributed by atoms with E-state index in [1.165, 1.54) is 0 Å². The summed E-state index contributed by atoms with van der Waals surface area (Å²) in [5, 5.41) is 0.533. The van der Waals surface area contributed by atoms with Crippen molar-refractivity contribution < 1.29 is 19.0 Å². The minimum atomic E-state index is -0.390. The van der Waals surface area contributed by atoms with Gasteiger partial charge in [-0.2, -0.15) is 0 Å². The summed E-state index contributed by atoms with van der Waals surface area (Å²) in [6.07, 6.45) is 0. The highest BCUT2D eigenvalue weighted by Gasteiger charge is 2.17. The molecular weight excluding hydrogens is 292 g/mol. The summed E-state index contributed by atoms with van der Waals surface area (Å²) in [6.45, 7) is 7.77. The molecule has 0 bridgehead atoms. The van der Waals surface area contributed by atoms with Crippen LogP contribution < -0.4 is 0 Å². The van der Waals surface area contributed by atoms with Crippen molar-refractivity contribution in [2.45, 2.75) is 26.2 Å². The van der Waals surface area contributed by atoms with E-state index in [0.29, 0.717) is 30.4 Å². The molecule has 0 unspecified atom stereocenters. The number of methoxy groups -OCH3 is 1. The first-order valence-electron chi connectivity index (χ1n) is 6.89. The van der Waals surface area contributed by atoms with Crippen LogP contribution in [0.15, 0.2) is 18.2 Å². The Morgan fingerprint density at radius 3 is 2.38 bits per heavy atom. The number of carbonyl (C=O) groups excluding carboxylic acids is 1. The Kier molecular flexibility index (Phi) is 7.15. The SMILES string of the molecule is COCCOCCOC(=O)c1cc(Cl)cc(C(C)(C)C)c1. The molecule has 1 aromatic carbocycles. The molecule has 0 saturated carbocycles. The molecule has 118 valence electrons. The Labute approximate surface area is 131 Å². The predicted octanol–water partition coefficient (Wildman–Crippen LogP) is 3.46. The van der Waals surface area contributed by atoms with Gasteiger partial charge in [0.25, 0.3) is 0 Å². The third-order valence-electron chi connectivity index (χ3n) is 2.89. The average Bonchev–Trinajstić information content (AvgIpc) is 2.40. The second-order valence-electron chi connectivity index (χ2n) is 5.72. The highest BCUT2D eigenvalue weighted by atomic mass is 35.5. The number of halogens is 1. The Bertz CT molecular complexity index is 466. The normalized spacial score (nSPS) is 11.5. The molecule has 21 heavy (non-hydrogen) atoms. The van der Waals surface area contributed by atoms with E-state index in [9.17, 15) is 4.79 Å². The fourth-order valence-electron chi connectivity index (χ4n) is 1.66. The summed E-state index contributed by atoms with van der Waals surface area (Å²) in [6, 6.07) is 5.30. The zero-order chi connectivity index (χ0) is 15.9. The maximum Gasteiger partial charge on any atom is 0.338 e. The maximum atomic E-state index is 12.0. The molecule has 0 heterocycles. The van der Waals surface area contributed by atoms with E-state index in [4.69, 9.17) is 25.8 Å². The lowest BCUT2D eigenvalue weighted by molar-refractivity contribution is 0.0213. The van der Waals surface area contributed by atoms with Crippen LogP contribution in [-0.2, 0) is 19.6 Å². The summed E-state index contributed by atoms with van der Waals surface area (Å²) < 4.78 is 15.3. The number of ether oxygens (including phenoxy) is 3. The molecule has 0 aliphatic rings. The number of carbonyl (C=O) groups is 1. The molecule has 0 amide bonds. The zero-order valence-electron chi connectivity index (χ0n) is 13.1. The fourth-order valence-corrected chi connectivity index (χ4v) is 1.90. The van der Waals surface area contributed by atoms with Gasteiger partial charge >= 0.3 is 5.97 Å². The zero-order valence-corrected chi connectivity index (χ0v) is 13.8. The van der Waals surface area contributed by atoms with E-state index in [1.807, 2.05) is 12.1 Å². The van der Waals surface area contributed by atoms with Gasteiger partial charge in [0.15, 0.2) is 0 Å². The van der Waals surface area contributed by atoms with Crippen molar-refractivity contribution in [2.75, 3.05) is 33.5 Å². The van der Waals surface area contributed by atoms with Gasteiger partial charge in [-0.1, -0.05) is 32.4 Å². The van der Waals surface area contributed by atoms with E-state index < -0.39 is 5.97 Å². The van der Waals surface area contributed by atoms with Crippen molar-refractivity contribution in [3.05, 3.63) is 34.3 Å². The van der Waals surface area contributed by atoms with Gasteiger partial charge < -0.3 is 14.2 Å². The predicted molar refractivity (Wildman–Crippen MR) is 83.1 cm³/mol. The molecule has 0 fully saturated rings. The first-order chi connectivity index (χ1) is 9.84. The number of rotatable bonds is 7. The van der Waals surface area contributed by atoms with Gasteiger partial charge in [-0.15, -0.1) is 0 Å². The molecule has 5 heteroatoms. The molecule has 0 aliphatic carbocycles. The highest BCUT2D eigenvalue weighted by Crippen LogP contribution is 2.26. The minimum absolute atomic E-state index is 0.0802. The second-order valence-corrected chi connectivity index (χ2v) is 6.16. The average molecular weight is 315 g/mol. The first kappa shape index (κ1) is 18.0. The van der Waals surface area contributed by atoms with E-state index in [1.54, 1.807) is 13.2 Å². The number of esters is 1. The molecule has 0 atom stereocenters. The quantitative estimate of drug-likeness (QED) is 0.571. The van der Waals surface area contributed by atoms with Crippen molar-refractivity contribution in [1.82, 2.24) is 0 Å². The van der Waals surface area contributed by atoms with Gasteiger partial charge in [0, 0.05) is 12.1 Å². The third kappa shape index (κ3) is 6.46. The third-order valence-corrected chi connectivity index (χ3v) is 3.11. The molecule has 0 N–H and O–H groups in total. The molecule has 0 radical (unpaired) electrons. The van der Waals surface area contributed by atoms with Crippen LogP contribution >= 0.6 is 11.6 Å². The summed E-state index contributed by atoms with van der Waals surface area (Å²) in [5.74, 6) is -0.390. The molecule has 0 aromatic heterocycles. The van der Waals surface area contributed by atoms with Crippen LogP contribution in [0.25, 0.3) is 0 Å². The van der Waals surface area contributed by atoms with Gasteiger partial charge in [-0.25, -0.2) is 4.79 Å². The number of hydrogen-bond donors (Lipinski definition) is 0. The van der Waals surface area contributed by atoms with E-state index in [0.717, 1.165) is 5.56 Å². The van der Waals surface area contributed by atoms with Crippen molar-refractivity contribution in [3.63, 3.8) is 0 Å². The summed E-state index contributed by atoms with van der Waals surface area (Å²) in [5.41, 5.74) is 1.38. The van der Waals surface area contributed by atoms with Crippen LogP contribution in [0.4, 0.5) is 0 Å². The van der Waals surface area contributed by atoms with Crippen LogP contribution in [0.2, 0.25) is 5.02 Å². The molecular formula is C16H23ClO4. The summed E-state index contributed by atoms with van der Waals surface area (Å²) in [7, 11) is 1.61. The highest BCUT2D eigenvalue weighted by molar-refractivity contribution is 6.31. The smallest absolute Gasteiger partial charge is 0.338 e. The fraction of sp³-hybridized carbons (Fsp3) is 0.562. The minimum Gasteiger partial charge on any atom is -0.460 e. The standard InChI is InChI=1S/C16H23ClO4/c1-16(2,3)13-9-12(10-14(17)11-13)15(18)21-8-7-20-6-5-19-4/h9-11H,5-8H2,1-4H3. The molecule has 1 aromatic rings. The van der Waals surface area contributed by atoms with Gasteiger partial charge in [0.2, 0.25) is 0 Å². The van der Waals surface area contributed by atoms with E-state index in [-0.39, 0.29) is 12.0 Å². The van der Waals surface area contributed by atoms with Gasteiger partial charge in [-0.3, -0.25) is 0 Å². The molecule has 0 spiro atoms. The summed E-state index contributed by atoms with van der Waals surface area (Å²) >= 11 is 6.07. The van der Waals surface area contributed by atoms with Crippen LogP contribution in [0, 0.1) is 0 Å². The Balaban J connectivity index is 2.56. The van der Waals surface area contributed by atoms with Gasteiger partial charge in [-0.05, 0) is 29.2 Å². The Hall–Kier alpha value is -1.10. The lowest BCUT2D eigenvalue weighted by Crippen LogP contribution is -2.15. The van der Waals surface area contributed by atoms with Crippen molar-refractivity contribution in [1.29, 1.82) is 0 Å². The number of hydrogen-bond acceptors (Lipinski definition) is 4. The van der Waals surface area contributed by atoms with Gasteiger partial charge in [0.1, 0.15) is 6.61 Å². The topological polar surface area (TPSA) is 44.8 Å². The van der Waals surface area contributed by atoms with E-state index in [2.05, 4.69) is 20.8 Å². The second kappa shape index (κ2) is 8.37. The van der Waals surface area contributed by atoms with E-state index >= 15 is 0 Å². The maximum absolute atomic E-state index is 12.0. The Morgan fingerprint density at radius 2 is 1.76 bits per heavy atom. The largest absolute Gasteiger partial charge is 0.460 e.